The molecule has 0 saturated heterocycles. The summed E-state index contributed by atoms with van der Waals surface area (Å²) >= 11 is 0. The van der Waals surface area contributed by atoms with Crippen LogP contribution in [0.3, 0.4) is 0 Å². The molecule has 2 heterocycles. The number of hydrogen-bond acceptors (Lipinski definition) is 5. The Morgan fingerprint density at radius 2 is 1.67 bits per heavy atom. The Balaban J connectivity index is 1.36. The number of carbonyl (C=O) groups excluding carboxylic acids is 1. The van der Waals surface area contributed by atoms with E-state index in [9.17, 15) is 9.59 Å². The van der Waals surface area contributed by atoms with E-state index in [-0.39, 0.29) is 12.3 Å². The number of unbranched alkanes of at least 4 members (excludes halogenated alkanes) is 2. The summed E-state index contributed by atoms with van der Waals surface area (Å²) in [6.45, 7) is 0.501. The summed E-state index contributed by atoms with van der Waals surface area (Å²) in [4.78, 5) is 35.4. The number of hydrogen-bond donors (Lipinski definition) is 1. The van der Waals surface area contributed by atoms with E-state index in [1.807, 2.05) is 84.9 Å². The highest BCUT2D eigenvalue weighted by atomic mass is 16.5. The number of fused-ring (bicyclic) bond motifs is 1. The number of aliphatic imine (C=N–C) groups is 2. The quantitative estimate of drug-likeness (QED) is 0.249. The number of ether oxygens (including phenoxy) is 1. The monoisotopic (exact) mass is 519 g/mol. The van der Waals surface area contributed by atoms with E-state index in [1.54, 1.807) is 17.2 Å². The third-order valence-corrected chi connectivity index (χ3v) is 6.41. The molecule has 0 aliphatic carbocycles. The van der Waals surface area contributed by atoms with Gasteiger partial charge in [0, 0.05) is 24.6 Å². The van der Waals surface area contributed by atoms with Gasteiger partial charge in [0.2, 0.25) is 0 Å². The smallest absolute Gasteiger partial charge is 0.303 e. The van der Waals surface area contributed by atoms with Gasteiger partial charge in [-0.15, -0.1) is 0 Å². The van der Waals surface area contributed by atoms with Crippen molar-refractivity contribution in [3.05, 3.63) is 114 Å². The number of amides is 1. The number of carbonyl (C=O) groups is 2. The highest BCUT2D eigenvalue weighted by Gasteiger charge is 2.35. The van der Waals surface area contributed by atoms with Crippen LogP contribution in [0.1, 0.15) is 42.4 Å². The molecule has 2 aliphatic heterocycles. The zero-order valence-corrected chi connectivity index (χ0v) is 21.5. The van der Waals surface area contributed by atoms with Crippen molar-refractivity contribution in [1.29, 1.82) is 0 Å². The summed E-state index contributed by atoms with van der Waals surface area (Å²) in [7, 11) is 0. The average molecular weight is 520 g/mol. The molecule has 0 unspecified atom stereocenters. The molecule has 3 aromatic rings. The molecule has 5 rings (SSSR count). The highest BCUT2D eigenvalue weighted by Crippen LogP contribution is 2.29. The van der Waals surface area contributed by atoms with Crippen LogP contribution < -0.4 is 4.74 Å². The van der Waals surface area contributed by atoms with Crippen molar-refractivity contribution in [1.82, 2.24) is 4.90 Å². The lowest BCUT2D eigenvalue weighted by molar-refractivity contribution is -0.137. The van der Waals surface area contributed by atoms with Crippen molar-refractivity contribution in [2.45, 2.75) is 32.1 Å². The Bertz CT molecular complexity index is 1470. The fraction of sp³-hybridized carbons (Fsp3) is 0.188. The molecule has 7 nitrogen and oxygen atoms in total. The minimum atomic E-state index is -0.775. The van der Waals surface area contributed by atoms with Gasteiger partial charge in [0.15, 0.2) is 5.84 Å². The second kappa shape index (κ2) is 12.2. The van der Waals surface area contributed by atoms with Crippen LogP contribution in [0.5, 0.6) is 5.75 Å². The standard InChI is InChI=1S/C32H29N3O4/c36-30(37)17-8-3-9-18-39-26-16-10-13-24(19-26)21-28-32(38)35-22-29(25-14-6-2-7-15-25)33-27(31(35)34-28)20-23-11-4-1-5-12-23/h1-2,4-7,10-16,19,21-22H,3,8-9,17-18,20H2,(H,36,37). The van der Waals surface area contributed by atoms with Gasteiger partial charge in [0.25, 0.3) is 5.91 Å². The van der Waals surface area contributed by atoms with Crippen molar-refractivity contribution < 1.29 is 19.4 Å². The fourth-order valence-corrected chi connectivity index (χ4v) is 4.45. The molecular formula is C32H29N3O4. The summed E-state index contributed by atoms with van der Waals surface area (Å²) in [5.41, 5.74) is 4.61. The Labute approximate surface area is 227 Å². The maximum atomic E-state index is 13.5. The van der Waals surface area contributed by atoms with E-state index in [0.29, 0.717) is 42.4 Å². The lowest BCUT2D eigenvalue weighted by Crippen LogP contribution is -2.36. The molecule has 3 aromatic carbocycles. The lowest BCUT2D eigenvalue weighted by atomic mass is 10.1. The van der Waals surface area contributed by atoms with Crippen LogP contribution in [-0.2, 0) is 16.0 Å². The second-order valence-electron chi connectivity index (χ2n) is 9.37. The predicted molar refractivity (Wildman–Crippen MR) is 152 cm³/mol. The van der Waals surface area contributed by atoms with Crippen molar-refractivity contribution in [3.63, 3.8) is 0 Å². The average Bonchev–Trinajstić information content (AvgIpc) is 3.27. The minimum absolute atomic E-state index is 0.177. The van der Waals surface area contributed by atoms with Crippen LogP contribution in [0.15, 0.2) is 107 Å². The van der Waals surface area contributed by atoms with E-state index in [4.69, 9.17) is 19.8 Å². The third-order valence-electron chi connectivity index (χ3n) is 6.41. The molecule has 1 amide bonds. The molecule has 7 heteroatoms. The molecule has 196 valence electrons. The molecule has 0 aromatic heterocycles. The summed E-state index contributed by atoms with van der Waals surface area (Å²) in [5, 5.41) is 8.75. The summed E-state index contributed by atoms with van der Waals surface area (Å²) in [6.07, 6.45) is 6.47. The Kier molecular flexibility index (Phi) is 8.07. The maximum absolute atomic E-state index is 13.5. The molecule has 1 N–H and O–H groups in total. The zero-order valence-electron chi connectivity index (χ0n) is 21.5. The van der Waals surface area contributed by atoms with Gasteiger partial charge in [-0.3, -0.25) is 14.5 Å². The molecule has 0 fully saturated rings. The SMILES string of the molecule is O=C(O)CCCCCOc1cccc(C=C2N=C3C(Cc4ccccc4)=NC(c4ccccc4)=CN3C2=O)c1. The zero-order chi connectivity index (χ0) is 27.0. The molecule has 39 heavy (non-hydrogen) atoms. The van der Waals surface area contributed by atoms with Crippen molar-refractivity contribution >= 4 is 35.2 Å². The largest absolute Gasteiger partial charge is 0.494 e. The van der Waals surface area contributed by atoms with Gasteiger partial charge in [-0.05, 0) is 48.6 Å². The molecule has 0 bridgehead atoms. The Hall–Kier alpha value is -4.78. The predicted octanol–water partition coefficient (Wildman–Crippen LogP) is 5.99. The number of carboxylic acids is 1. The number of benzene rings is 3. The lowest BCUT2D eigenvalue weighted by Gasteiger charge is -2.21. The number of amidine groups is 1. The van der Waals surface area contributed by atoms with E-state index in [1.165, 1.54) is 0 Å². The number of carboxylic acid groups (broad SMARTS) is 1. The number of nitrogens with zero attached hydrogens (tertiary/aromatic N) is 3. The second-order valence-corrected chi connectivity index (χ2v) is 9.37. The molecule has 0 atom stereocenters. The Morgan fingerprint density at radius 1 is 0.897 bits per heavy atom. The maximum Gasteiger partial charge on any atom is 0.303 e. The van der Waals surface area contributed by atoms with Gasteiger partial charge in [0.1, 0.15) is 11.4 Å². The first-order chi connectivity index (χ1) is 19.1. The number of aliphatic carboxylic acids is 1. The minimum Gasteiger partial charge on any atom is -0.494 e. The van der Waals surface area contributed by atoms with Crippen LogP contribution in [0, 0.1) is 0 Å². The van der Waals surface area contributed by atoms with Crippen molar-refractivity contribution in [2.24, 2.45) is 9.98 Å². The van der Waals surface area contributed by atoms with Gasteiger partial charge in [-0.1, -0.05) is 72.8 Å². The van der Waals surface area contributed by atoms with Crippen molar-refractivity contribution in [2.75, 3.05) is 6.61 Å². The van der Waals surface area contributed by atoms with Gasteiger partial charge in [0.05, 0.1) is 18.0 Å². The van der Waals surface area contributed by atoms with Crippen LogP contribution >= 0.6 is 0 Å². The van der Waals surface area contributed by atoms with Crippen LogP contribution in [-0.4, -0.2) is 40.0 Å². The van der Waals surface area contributed by atoms with E-state index >= 15 is 0 Å². The Morgan fingerprint density at radius 3 is 2.44 bits per heavy atom. The summed E-state index contributed by atoms with van der Waals surface area (Å²) in [5.74, 6) is 0.256. The normalized spacial score (nSPS) is 15.5. The van der Waals surface area contributed by atoms with E-state index in [2.05, 4.69) is 0 Å². The molecular weight excluding hydrogens is 490 g/mol. The highest BCUT2D eigenvalue weighted by molar-refractivity contribution is 6.48. The summed E-state index contributed by atoms with van der Waals surface area (Å²) < 4.78 is 5.85. The van der Waals surface area contributed by atoms with Crippen LogP contribution in [0.4, 0.5) is 0 Å². The van der Waals surface area contributed by atoms with Gasteiger partial charge < -0.3 is 9.84 Å². The molecule has 0 radical (unpaired) electrons. The summed E-state index contributed by atoms with van der Waals surface area (Å²) in [6, 6.07) is 27.4. The third kappa shape index (κ3) is 6.57. The van der Waals surface area contributed by atoms with Crippen molar-refractivity contribution in [3.8, 4) is 5.75 Å². The van der Waals surface area contributed by atoms with E-state index < -0.39 is 5.97 Å². The van der Waals surface area contributed by atoms with E-state index in [0.717, 1.165) is 35.2 Å². The first kappa shape index (κ1) is 25.9. The van der Waals surface area contributed by atoms with Gasteiger partial charge in [-0.2, -0.15) is 0 Å². The van der Waals surface area contributed by atoms with Crippen LogP contribution in [0.25, 0.3) is 11.8 Å². The fourth-order valence-electron chi connectivity index (χ4n) is 4.45. The molecule has 0 spiro atoms. The first-order valence-corrected chi connectivity index (χ1v) is 13.0. The molecule has 0 saturated carbocycles. The molecule has 2 aliphatic rings. The first-order valence-electron chi connectivity index (χ1n) is 13.0. The number of rotatable bonds is 11. The topological polar surface area (TPSA) is 91.6 Å². The van der Waals surface area contributed by atoms with Gasteiger partial charge in [-0.25, -0.2) is 9.98 Å². The van der Waals surface area contributed by atoms with Gasteiger partial charge >= 0.3 is 5.97 Å². The van der Waals surface area contributed by atoms with Crippen LogP contribution in [0.2, 0.25) is 0 Å².